The van der Waals surface area contributed by atoms with Crippen molar-refractivity contribution in [2.45, 2.75) is 19.4 Å². The van der Waals surface area contributed by atoms with Crippen molar-refractivity contribution < 1.29 is 9.47 Å². The predicted molar refractivity (Wildman–Crippen MR) is 85.4 cm³/mol. The molecule has 1 aromatic heterocycles. The fraction of sp³-hybridized carbons (Fsp3) is 0.353. The Morgan fingerprint density at radius 3 is 3.09 bits per heavy atom. The second-order valence-corrected chi connectivity index (χ2v) is 5.53. The summed E-state index contributed by atoms with van der Waals surface area (Å²) in [4.78, 5) is 7.69. The first-order valence-electron chi connectivity index (χ1n) is 7.40. The van der Waals surface area contributed by atoms with Gasteiger partial charge >= 0.3 is 0 Å². The lowest BCUT2D eigenvalue weighted by molar-refractivity contribution is 0.313. The first-order valence-corrected chi connectivity index (χ1v) is 7.40. The molecule has 0 saturated carbocycles. The van der Waals surface area contributed by atoms with E-state index in [1.165, 1.54) is 5.69 Å². The quantitative estimate of drug-likeness (QED) is 0.833. The Morgan fingerprint density at radius 1 is 1.45 bits per heavy atom. The summed E-state index contributed by atoms with van der Waals surface area (Å²) < 4.78 is 11.4. The number of methoxy groups -OCH3 is 1. The second kappa shape index (κ2) is 6.23. The van der Waals surface area contributed by atoms with Crippen LogP contribution in [0.5, 0.6) is 11.5 Å². The van der Waals surface area contributed by atoms with E-state index in [9.17, 15) is 0 Å². The third kappa shape index (κ3) is 2.72. The lowest BCUT2D eigenvalue weighted by Crippen LogP contribution is -2.31. The lowest BCUT2D eigenvalue weighted by Gasteiger charge is -2.26. The van der Waals surface area contributed by atoms with Gasteiger partial charge in [0, 0.05) is 24.2 Å². The highest BCUT2D eigenvalue weighted by Crippen LogP contribution is 2.38. The van der Waals surface area contributed by atoms with Gasteiger partial charge in [0.25, 0.3) is 0 Å². The third-order valence-electron chi connectivity index (χ3n) is 3.75. The number of hydrogen-bond donors (Lipinski definition) is 2. The topological polar surface area (TPSA) is 59.2 Å². The number of ether oxygens (including phenoxy) is 2. The maximum absolute atomic E-state index is 5.96. The summed E-state index contributed by atoms with van der Waals surface area (Å²) in [5.41, 5.74) is 4.21. The average molecular weight is 299 g/mol. The van der Waals surface area contributed by atoms with Gasteiger partial charge in [-0.2, -0.15) is 0 Å². The summed E-state index contributed by atoms with van der Waals surface area (Å²) in [5, 5.41) is 3.52. The summed E-state index contributed by atoms with van der Waals surface area (Å²) in [6.45, 7) is 7.21. The number of aromatic nitrogens is 2. The van der Waals surface area contributed by atoms with Crippen LogP contribution in [0, 0.1) is 0 Å². The first-order chi connectivity index (χ1) is 10.7. The van der Waals surface area contributed by atoms with Crippen molar-refractivity contribution in [3.63, 3.8) is 0 Å². The zero-order valence-electron chi connectivity index (χ0n) is 13.0. The number of aromatic amines is 1. The van der Waals surface area contributed by atoms with E-state index in [1.54, 1.807) is 13.4 Å². The van der Waals surface area contributed by atoms with E-state index in [0.717, 1.165) is 41.3 Å². The van der Waals surface area contributed by atoms with E-state index in [2.05, 4.69) is 27.9 Å². The molecule has 0 bridgehead atoms. The van der Waals surface area contributed by atoms with Gasteiger partial charge in [-0.25, -0.2) is 4.98 Å². The fourth-order valence-electron chi connectivity index (χ4n) is 2.75. The van der Waals surface area contributed by atoms with Crippen LogP contribution in [-0.4, -0.2) is 30.2 Å². The highest BCUT2D eigenvalue weighted by molar-refractivity contribution is 5.51. The molecule has 0 saturated heterocycles. The maximum Gasteiger partial charge on any atom is 0.166 e. The van der Waals surface area contributed by atoms with Crippen LogP contribution in [0.25, 0.3) is 0 Å². The van der Waals surface area contributed by atoms with E-state index in [-0.39, 0.29) is 6.04 Å². The number of fused-ring (bicyclic) bond motifs is 1. The number of H-pyrrole nitrogens is 1. The van der Waals surface area contributed by atoms with Gasteiger partial charge in [0.2, 0.25) is 0 Å². The van der Waals surface area contributed by atoms with Crippen LogP contribution in [0.1, 0.15) is 29.9 Å². The van der Waals surface area contributed by atoms with E-state index in [1.807, 2.05) is 19.1 Å². The van der Waals surface area contributed by atoms with Crippen LogP contribution >= 0.6 is 0 Å². The number of imidazole rings is 1. The van der Waals surface area contributed by atoms with E-state index in [0.29, 0.717) is 6.61 Å². The molecular weight excluding hydrogens is 278 g/mol. The molecule has 0 fully saturated rings. The van der Waals surface area contributed by atoms with Crippen LogP contribution < -0.4 is 14.8 Å². The van der Waals surface area contributed by atoms with Crippen molar-refractivity contribution in [2.24, 2.45) is 0 Å². The molecule has 1 aliphatic heterocycles. The minimum Gasteiger partial charge on any atom is -0.493 e. The molecule has 1 aliphatic rings. The largest absolute Gasteiger partial charge is 0.493 e. The molecule has 1 atom stereocenters. The molecule has 2 aromatic rings. The number of nitrogens with one attached hydrogen (secondary N) is 2. The molecular formula is C17H21N3O2. The Hall–Kier alpha value is -2.27. The number of nitrogens with zero attached hydrogens (tertiary/aromatic N) is 1. The standard InChI is InChI=1S/C17H21N3O2/c1-11(2)9-22-17-12(5-4-6-14(17)21-3)15-16-13(7-8-18-15)19-10-20-16/h4-6,10,15,18H,1,7-9H2,2-3H3,(H,19,20)/t15-/m0/s1. The summed E-state index contributed by atoms with van der Waals surface area (Å²) in [5.74, 6) is 1.48. The van der Waals surface area contributed by atoms with Gasteiger partial charge in [0.1, 0.15) is 6.61 Å². The Labute approximate surface area is 130 Å². The van der Waals surface area contributed by atoms with Crippen LogP contribution in [0.2, 0.25) is 0 Å². The van der Waals surface area contributed by atoms with E-state index < -0.39 is 0 Å². The Bertz CT molecular complexity index is 678. The minimum atomic E-state index is 0.00483. The summed E-state index contributed by atoms with van der Waals surface area (Å²) in [6.07, 6.45) is 2.71. The first kappa shape index (κ1) is 14.7. The molecule has 0 spiro atoms. The Morgan fingerprint density at radius 2 is 2.32 bits per heavy atom. The van der Waals surface area contributed by atoms with Crippen molar-refractivity contribution in [3.05, 3.63) is 53.6 Å². The number of rotatable bonds is 5. The van der Waals surface area contributed by atoms with Crippen molar-refractivity contribution in [1.82, 2.24) is 15.3 Å². The molecule has 3 rings (SSSR count). The van der Waals surface area contributed by atoms with Crippen LogP contribution in [0.15, 0.2) is 36.7 Å². The second-order valence-electron chi connectivity index (χ2n) is 5.53. The van der Waals surface area contributed by atoms with Gasteiger partial charge in [-0.05, 0) is 18.6 Å². The monoisotopic (exact) mass is 299 g/mol. The Balaban J connectivity index is 2.02. The molecule has 2 heterocycles. The highest BCUT2D eigenvalue weighted by Gasteiger charge is 2.27. The molecule has 22 heavy (non-hydrogen) atoms. The van der Waals surface area contributed by atoms with E-state index >= 15 is 0 Å². The summed E-state index contributed by atoms with van der Waals surface area (Å²) in [7, 11) is 1.65. The Kier molecular flexibility index (Phi) is 4.15. The van der Waals surface area contributed by atoms with Crippen molar-refractivity contribution >= 4 is 0 Å². The maximum atomic E-state index is 5.96. The fourth-order valence-corrected chi connectivity index (χ4v) is 2.75. The molecule has 0 unspecified atom stereocenters. The molecule has 0 amide bonds. The zero-order chi connectivity index (χ0) is 15.5. The zero-order valence-corrected chi connectivity index (χ0v) is 13.0. The smallest absolute Gasteiger partial charge is 0.166 e. The number of hydrogen-bond acceptors (Lipinski definition) is 4. The SMILES string of the molecule is C=C(C)COc1c(OC)cccc1[C@@H]1NCCc2[nH]cnc21. The predicted octanol–water partition coefficient (Wildman–Crippen LogP) is 2.61. The van der Waals surface area contributed by atoms with Gasteiger partial charge in [-0.15, -0.1) is 0 Å². The summed E-state index contributed by atoms with van der Waals surface area (Å²) in [6, 6.07) is 5.94. The molecule has 116 valence electrons. The lowest BCUT2D eigenvalue weighted by atomic mass is 9.97. The van der Waals surface area contributed by atoms with Crippen LogP contribution in [0.3, 0.4) is 0 Å². The minimum absolute atomic E-state index is 0.00483. The molecule has 0 aliphatic carbocycles. The van der Waals surface area contributed by atoms with Crippen LogP contribution in [-0.2, 0) is 6.42 Å². The van der Waals surface area contributed by atoms with Crippen LogP contribution in [0.4, 0.5) is 0 Å². The van der Waals surface area contributed by atoms with E-state index in [4.69, 9.17) is 9.47 Å². The van der Waals surface area contributed by atoms with Crippen molar-refractivity contribution in [1.29, 1.82) is 0 Å². The van der Waals surface area contributed by atoms with Crippen molar-refractivity contribution in [3.8, 4) is 11.5 Å². The van der Waals surface area contributed by atoms with Crippen molar-refractivity contribution in [2.75, 3.05) is 20.3 Å². The number of benzene rings is 1. The molecule has 5 nitrogen and oxygen atoms in total. The molecule has 2 N–H and O–H groups in total. The normalized spacial score (nSPS) is 16.9. The van der Waals surface area contributed by atoms with Gasteiger partial charge in [0.15, 0.2) is 11.5 Å². The highest BCUT2D eigenvalue weighted by atomic mass is 16.5. The van der Waals surface area contributed by atoms with Gasteiger partial charge < -0.3 is 19.8 Å². The van der Waals surface area contributed by atoms with Gasteiger partial charge in [0.05, 0.1) is 25.2 Å². The van der Waals surface area contributed by atoms with Gasteiger partial charge in [-0.3, -0.25) is 0 Å². The van der Waals surface area contributed by atoms with Gasteiger partial charge in [-0.1, -0.05) is 18.7 Å². The molecule has 0 radical (unpaired) electrons. The third-order valence-corrected chi connectivity index (χ3v) is 3.75. The molecule has 5 heteroatoms. The average Bonchev–Trinajstić information content (AvgIpc) is 3.01. The summed E-state index contributed by atoms with van der Waals surface area (Å²) >= 11 is 0. The molecule has 1 aromatic carbocycles. The number of para-hydroxylation sites is 1.